The third-order valence-electron chi connectivity index (χ3n) is 4.79. The van der Waals surface area contributed by atoms with Gasteiger partial charge in [0.15, 0.2) is 11.5 Å². The molecule has 4 rings (SSSR count). The van der Waals surface area contributed by atoms with Crippen LogP contribution in [-0.4, -0.2) is 35.1 Å². The summed E-state index contributed by atoms with van der Waals surface area (Å²) in [6.45, 7) is 1.31. The Morgan fingerprint density at radius 2 is 1.84 bits per heavy atom. The van der Waals surface area contributed by atoms with E-state index >= 15 is 0 Å². The van der Waals surface area contributed by atoms with Crippen LogP contribution in [0.1, 0.15) is 23.0 Å². The Morgan fingerprint density at radius 1 is 1.12 bits per heavy atom. The number of sulfonamides is 1. The quantitative estimate of drug-likeness (QED) is 0.397. The fraction of sp³-hybridized carbons (Fsp3) is 0.0952. The van der Waals surface area contributed by atoms with Crippen molar-refractivity contribution in [1.29, 1.82) is 0 Å². The lowest BCUT2D eigenvalue weighted by Gasteiger charge is -2.11. The zero-order valence-electron chi connectivity index (χ0n) is 16.5. The molecule has 0 saturated heterocycles. The molecule has 7 nitrogen and oxygen atoms in total. The first kappa shape index (κ1) is 21.8. The molecular weight excluding hydrogens is 462 g/mol. The van der Waals surface area contributed by atoms with Crippen LogP contribution in [0.3, 0.4) is 0 Å². The molecular formula is C21H15ClF2N4O3S. The molecule has 0 radical (unpaired) electrons. The maximum Gasteiger partial charge on any atom is 0.232 e. The molecule has 2 aromatic carbocycles. The predicted molar refractivity (Wildman–Crippen MR) is 117 cm³/mol. The lowest BCUT2D eigenvalue weighted by molar-refractivity contribution is 0.103. The number of H-pyrrole nitrogens is 1. The van der Waals surface area contributed by atoms with Crippen molar-refractivity contribution in [2.24, 2.45) is 0 Å². The van der Waals surface area contributed by atoms with Crippen molar-refractivity contribution in [2.75, 3.05) is 10.5 Å². The van der Waals surface area contributed by atoms with Gasteiger partial charge in [0.25, 0.3) is 0 Å². The number of benzene rings is 2. The molecule has 0 fully saturated rings. The summed E-state index contributed by atoms with van der Waals surface area (Å²) in [7, 11) is -3.97. The lowest BCUT2D eigenvalue weighted by atomic mass is 10.0. The number of carbonyl (C=O) groups excluding carboxylic acids is 1. The van der Waals surface area contributed by atoms with Gasteiger partial charge in [0.05, 0.1) is 16.7 Å². The molecule has 0 amide bonds. The Labute approximate surface area is 186 Å². The van der Waals surface area contributed by atoms with Crippen molar-refractivity contribution >= 4 is 44.1 Å². The molecule has 164 valence electrons. The topological polar surface area (TPSA) is 105 Å². The van der Waals surface area contributed by atoms with Crippen molar-refractivity contribution in [2.45, 2.75) is 6.92 Å². The molecule has 2 aromatic heterocycles. The molecule has 0 spiro atoms. The van der Waals surface area contributed by atoms with Crippen molar-refractivity contribution in [3.8, 4) is 11.1 Å². The number of pyridine rings is 1. The van der Waals surface area contributed by atoms with E-state index in [4.69, 9.17) is 11.6 Å². The molecule has 2 N–H and O–H groups in total. The van der Waals surface area contributed by atoms with E-state index in [-0.39, 0.29) is 11.3 Å². The van der Waals surface area contributed by atoms with Crippen molar-refractivity contribution in [3.63, 3.8) is 0 Å². The van der Waals surface area contributed by atoms with E-state index in [1.54, 1.807) is 36.5 Å². The van der Waals surface area contributed by atoms with E-state index < -0.39 is 44.4 Å². The number of rotatable bonds is 6. The second-order valence-electron chi connectivity index (χ2n) is 6.82. The minimum atomic E-state index is -3.97. The van der Waals surface area contributed by atoms with E-state index in [1.165, 1.54) is 6.92 Å². The molecule has 4 aromatic rings. The third kappa shape index (κ3) is 4.06. The zero-order chi connectivity index (χ0) is 23.0. The summed E-state index contributed by atoms with van der Waals surface area (Å²) in [6.07, 6.45) is 1.57. The Bertz CT molecular complexity index is 1450. The first-order valence-electron chi connectivity index (χ1n) is 9.33. The van der Waals surface area contributed by atoms with Gasteiger partial charge in [-0.2, -0.15) is 5.10 Å². The Balaban J connectivity index is 1.79. The minimum absolute atomic E-state index is 0.0712. The largest absolute Gasteiger partial charge is 0.287 e. The van der Waals surface area contributed by atoms with Gasteiger partial charge in [0.2, 0.25) is 15.8 Å². The van der Waals surface area contributed by atoms with Crippen LogP contribution in [0.4, 0.5) is 14.5 Å². The van der Waals surface area contributed by atoms with Gasteiger partial charge in [-0.1, -0.05) is 23.7 Å². The standard InChI is InChI=1S/C21H15ClF2N4O3S/c1-2-32(30,31)28-19-16(23)8-7-14(17(19)24)20(29)18-15-9-12(10-25-21(15)27-26-18)11-3-5-13(22)6-4-11/h3-10,28H,2H2,1H3,(H,25,26,27). The summed E-state index contributed by atoms with van der Waals surface area (Å²) in [5.74, 6) is -3.69. The average Bonchev–Trinajstić information content (AvgIpc) is 3.20. The zero-order valence-corrected chi connectivity index (χ0v) is 18.1. The first-order valence-corrected chi connectivity index (χ1v) is 11.4. The Kier molecular flexibility index (Phi) is 5.66. The molecule has 0 bridgehead atoms. The summed E-state index contributed by atoms with van der Waals surface area (Å²) in [5, 5.41) is 7.39. The molecule has 0 atom stereocenters. The number of anilines is 1. The van der Waals surface area contributed by atoms with E-state index in [0.29, 0.717) is 16.0 Å². The fourth-order valence-electron chi connectivity index (χ4n) is 3.06. The Morgan fingerprint density at radius 3 is 2.53 bits per heavy atom. The summed E-state index contributed by atoms with van der Waals surface area (Å²) < 4.78 is 54.5. The monoisotopic (exact) mass is 476 g/mol. The molecule has 0 saturated carbocycles. The highest BCUT2D eigenvalue weighted by Crippen LogP contribution is 2.29. The van der Waals surface area contributed by atoms with Crippen LogP contribution in [0.25, 0.3) is 22.2 Å². The molecule has 0 aliphatic rings. The van der Waals surface area contributed by atoms with Gasteiger partial charge >= 0.3 is 0 Å². The third-order valence-corrected chi connectivity index (χ3v) is 6.31. The SMILES string of the molecule is CCS(=O)(=O)Nc1c(F)ccc(C(=O)c2[nH]nc3ncc(-c4ccc(Cl)cc4)cc23)c1F. The highest BCUT2D eigenvalue weighted by atomic mass is 35.5. The average molecular weight is 477 g/mol. The summed E-state index contributed by atoms with van der Waals surface area (Å²) in [5.41, 5.74) is 0.163. The second-order valence-corrected chi connectivity index (χ2v) is 9.27. The van der Waals surface area contributed by atoms with Crippen LogP contribution >= 0.6 is 11.6 Å². The highest BCUT2D eigenvalue weighted by molar-refractivity contribution is 7.92. The van der Waals surface area contributed by atoms with Gasteiger partial charge in [-0.05, 0) is 42.8 Å². The van der Waals surface area contributed by atoms with E-state index in [0.717, 1.165) is 17.7 Å². The highest BCUT2D eigenvalue weighted by Gasteiger charge is 2.25. The van der Waals surface area contributed by atoms with Crippen LogP contribution in [-0.2, 0) is 10.0 Å². The predicted octanol–water partition coefficient (Wildman–Crippen LogP) is 4.55. The van der Waals surface area contributed by atoms with Gasteiger partial charge in [-0.3, -0.25) is 14.6 Å². The molecule has 32 heavy (non-hydrogen) atoms. The number of hydrogen-bond acceptors (Lipinski definition) is 5. The number of nitrogens with zero attached hydrogens (tertiary/aromatic N) is 2. The second kappa shape index (κ2) is 8.29. The normalized spacial score (nSPS) is 11.6. The molecule has 2 heterocycles. The first-order chi connectivity index (χ1) is 15.2. The van der Waals surface area contributed by atoms with Crippen molar-refractivity contribution in [3.05, 3.63) is 76.6 Å². The summed E-state index contributed by atoms with van der Waals surface area (Å²) >= 11 is 5.92. The molecule has 0 aliphatic heterocycles. The number of halogens is 3. The van der Waals surface area contributed by atoms with Crippen molar-refractivity contribution < 1.29 is 22.0 Å². The number of aromatic nitrogens is 3. The number of ketones is 1. The molecule has 11 heteroatoms. The van der Waals surface area contributed by atoms with Gasteiger partial charge in [0, 0.05) is 16.8 Å². The lowest BCUT2D eigenvalue weighted by Crippen LogP contribution is -2.18. The number of nitrogens with one attached hydrogen (secondary N) is 2. The van der Waals surface area contributed by atoms with Gasteiger partial charge < -0.3 is 0 Å². The van der Waals surface area contributed by atoms with Crippen LogP contribution < -0.4 is 4.72 Å². The van der Waals surface area contributed by atoms with Crippen molar-refractivity contribution in [1.82, 2.24) is 15.2 Å². The van der Waals surface area contributed by atoms with Crippen LogP contribution in [0, 0.1) is 11.6 Å². The van der Waals surface area contributed by atoms with Crippen LogP contribution in [0.15, 0.2) is 48.7 Å². The molecule has 0 aliphatic carbocycles. The van der Waals surface area contributed by atoms with Crippen LogP contribution in [0.5, 0.6) is 0 Å². The van der Waals surface area contributed by atoms with Gasteiger partial charge in [-0.25, -0.2) is 22.2 Å². The van der Waals surface area contributed by atoms with Crippen LogP contribution in [0.2, 0.25) is 5.02 Å². The minimum Gasteiger partial charge on any atom is -0.287 e. The number of carbonyl (C=O) groups is 1. The maximum atomic E-state index is 15.0. The number of aromatic amines is 1. The maximum absolute atomic E-state index is 15.0. The molecule has 0 unspecified atom stereocenters. The fourth-order valence-corrected chi connectivity index (χ4v) is 3.83. The number of fused-ring (bicyclic) bond motifs is 1. The van der Waals surface area contributed by atoms with E-state index in [9.17, 15) is 22.0 Å². The summed E-state index contributed by atoms with van der Waals surface area (Å²) in [6, 6.07) is 10.4. The van der Waals surface area contributed by atoms with E-state index in [1.807, 2.05) is 4.72 Å². The smallest absolute Gasteiger partial charge is 0.232 e. The van der Waals surface area contributed by atoms with Gasteiger partial charge in [0.1, 0.15) is 17.2 Å². The summed E-state index contributed by atoms with van der Waals surface area (Å²) in [4.78, 5) is 17.3. The number of hydrogen-bond donors (Lipinski definition) is 2. The Hall–Kier alpha value is -3.37. The van der Waals surface area contributed by atoms with E-state index in [2.05, 4.69) is 15.2 Å². The van der Waals surface area contributed by atoms with Gasteiger partial charge in [-0.15, -0.1) is 0 Å².